The predicted octanol–water partition coefficient (Wildman–Crippen LogP) is 6.58. The van der Waals surface area contributed by atoms with E-state index in [0.717, 1.165) is 4.90 Å². The van der Waals surface area contributed by atoms with Gasteiger partial charge in [0, 0.05) is 17.8 Å². The number of hydrogen-bond donors (Lipinski definition) is 1. The van der Waals surface area contributed by atoms with E-state index in [1.165, 1.54) is 34.6 Å². The zero-order valence-corrected chi connectivity index (χ0v) is 28.7. The molecule has 6 rings (SSSR count). The Morgan fingerprint density at radius 2 is 1.82 bits per heavy atom. The van der Waals surface area contributed by atoms with Crippen molar-refractivity contribution >= 4 is 29.6 Å². The van der Waals surface area contributed by atoms with E-state index in [1.807, 2.05) is 20.8 Å². The van der Waals surface area contributed by atoms with E-state index in [2.05, 4.69) is 15.2 Å². The zero-order valence-electron chi connectivity index (χ0n) is 28.0. The minimum Gasteiger partial charge on any atom is -0.447 e. The lowest BCUT2D eigenvalue weighted by molar-refractivity contribution is -0.135. The van der Waals surface area contributed by atoms with Crippen molar-refractivity contribution in [1.29, 1.82) is 0 Å². The van der Waals surface area contributed by atoms with Gasteiger partial charge in [0.25, 0.3) is 12.3 Å². The number of carbonyl (C=O) groups excluding carboxylic acids is 2. The molecule has 2 aromatic carbocycles. The third-order valence-electron chi connectivity index (χ3n) is 8.66. The van der Waals surface area contributed by atoms with Crippen molar-refractivity contribution in [3.8, 4) is 16.8 Å². The Bertz CT molecular complexity index is 1910. The van der Waals surface area contributed by atoms with Crippen LogP contribution in [0.25, 0.3) is 16.8 Å². The second-order valence-electron chi connectivity index (χ2n) is 13.7. The molecule has 2 aliphatic rings. The van der Waals surface area contributed by atoms with Crippen molar-refractivity contribution in [2.75, 3.05) is 13.2 Å². The standard InChI is InChI=1S/C34H36ClF4N9O3/c1-33(2,3)17-34(23-7-4-20(5-8-23)22-13-42-46(14-22)30(38)39)29(49)48(31(40)44-34)27(16-51-32(50)45(15-28(36)37)24-9-10-24)21-6-11-25(35)26(12-21)47-19-41-18-43-47/h4-8,11-14,18-19,24,27-28,30H,9-10,15-17H2,1-3H3,(H2,40,44)/t27?,34-/m1/s1. The summed E-state index contributed by atoms with van der Waals surface area (Å²) in [7, 11) is 0. The van der Waals surface area contributed by atoms with Gasteiger partial charge in [-0.05, 0) is 53.5 Å². The molecule has 4 aromatic rings. The molecule has 1 unspecified atom stereocenters. The van der Waals surface area contributed by atoms with Gasteiger partial charge in [-0.15, -0.1) is 0 Å². The van der Waals surface area contributed by atoms with Crippen LogP contribution in [0, 0.1) is 5.41 Å². The maximum absolute atomic E-state index is 14.9. The summed E-state index contributed by atoms with van der Waals surface area (Å²) in [5.41, 5.74) is 7.00. The Morgan fingerprint density at radius 3 is 2.41 bits per heavy atom. The van der Waals surface area contributed by atoms with Gasteiger partial charge in [0.2, 0.25) is 0 Å². The zero-order chi connectivity index (χ0) is 36.7. The van der Waals surface area contributed by atoms with Crippen LogP contribution in [0.5, 0.6) is 0 Å². The fourth-order valence-corrected chi connectivity index (χ4v) is 6.52. The Hall–Kier alpha value is -4.99. The molecule has 17 heteroatoms. The number of amides is 2. The largest absolute Gasteiger partial charge is 0.447 e. The molecule has 1 aliphatic heterocycles. The molecule has 12 nitrogen and oxygen atoms in total. The number of carbonyl (C=O) groups is 2. The average Bonchev–Trinajstić information content (AvgIpc) is 3.43. The second kappa shape index (κ2) is 14.0. The van der Waals surface area contributed by atoms with Crippen molar-refractivity contribution in [2.24, 2.45) is 16.1 Å². The van der Waals surface area contributed by atoms with Gasteiger partial charge in [-0.1, -0.05) is 62.7 Å². The highest BCUT2D eigenvalue weighted by molar-refractivity contribution is 6.32. The fourth-order valence-electron chi connectivity index (χ4n) is 6.31. The van der Waals surface area contributed by atoms with Crippen LogP contribution >= 0.6 is 11.6 Å². The normalized spacial score (nSPS) is 18.4. The van der Waals surface area contributed by atoms with Crippen LogP contribution in [0.15, 0.2) is 72.5 Å². The Kier molecular flexibility index (Phi) is 9.81. The quantitative estimate of drug-likeness (QED) is 0.163. The van der Waals surface area contributed by atoms with E-state index in [0.29, 0.717) is 50.5 Å². The van der Waals surface area contributed by atoms with Gasteiger partial charge >= 0.3 is 12.6 Å². The highest BCUT2D eigenvalue weighted by Gasteiger charge is 2.53. The maximum Gasteiger partial charge on any atom is 0.410 e. The number of nitrogens with two attached hydrogens (primary N) is 1. The summed E-state index contributed by atoms with van der Waals surface area (Å²) in [5.74, 6) is -0.672. The molecule has 2 amide bonds. The van der Waals surface area contributed by atoms with Crippen LogP contribution in [0.3, 0.4) is 0 Å². The lowest BCUT2D eigenvalue weighted by Crippen LogP contribution is -2.48. The topological polar surface area (TPSA) is 137 Å². The molecule has 270 valence electrons. The molecule has 51 heavy (non-hydrogen) atoms. The Morgan fingerprint density at radius 1 is 1.10 bits per heavy atom. The third kappa shape index (κ3) is 7.55. The Labute approximate surface area is 295 Å². The van der Waals surface area contributed by atoms with E-state index < -0.39 is 55.1 Å². The number of benzene rings is 2. The monoisotopic (exact) mass is 729 g/mol. The number of halogens is 5. The molecule has 1 fully saturated rings. The summed E-state index contributed by atoms with van der Waals surface area (Å²) < 4.78 is 60.8. The molecule has 2 aromatic heterocycles. The highest BCUT2D eigenvalue weighted by Crippen LogP contribution is 2.45. The minimum absolute atomic E-state index is 0.156. The summed E-state index contributed by atoms with van der Waals surface area (Å²) in [6.07, 6.45) is 2.97. The molecule has 1 saturated carbocycles. The first-order valence-corrected chi connectivity index (χ1v) is 16.5. The molecule has 0 saturated heterocycles. The van der Waals surface area contributed by atoms with Gasteiger partial charge in [-0.3, -0.25) is 14.6 Å². The number of ether oxygens (including phenoxy) is 1. The van der Waals surface area contributed by atoms with E-state index in [1.54, 1.807) is 42.5 Å². The van der Waals surface area contributed by atoms with Crippen LogP contribution in [-0.2, 0) is 15.1 Å². The van der Waals surface area contributed by atoms with Gasteiger partial charge in [-0.25, -0.2) is 32.9 Å². The number of nitrogens with zero attached hydrogens (tertiary/aromatic N) is 8. The summed E-state index contributed by atoms with van der Waals surface area (Å²) in [6.45, 7) is 1.80. The summed E-state index contributed by atoms with van der Waals surface area (Å²) in [6, 6.07) is 10.2. The minimum atomic E-state index is -2.80. The van der Waals surface area contributed by atoms with Gasteiger partial charge in [-0.2, -0.15) is 19.0 Å². The molecular formula is C34H36ClF4N9O3. The highest BCUT2D eigenvalue weighted by atomic mass is 35.5. The number of alkyl halides is 4. The van der Waals surface area contributed by atoms with E-state index in [4.69, 9.17) is 27.1 Å². The van der Waals surface area contributed by atoms with E-state index in [9.17, 15) is 27.2 Å². The Balaban J connectivity index is 1.39. The molecule has 3 heterocycles. The molecule has 1 aliphatic carbocycles. The van der Waals surface area contributed by atoms with Gasteiger partial charge < -0.3 is 10.5 Å². The van der Waals surface area contributed by atoms with Crippen molar-refractivity contribution in [2.45, 2.75) is 70.6 Å². The van der Waals surface area contributed by atoms with Crippen LogP contribution < -0.4 is 5.73 Å². The molecular weight excluding hydrogens is 694 g/mol. The average molecular weight is 730 g/mol. The van der Waals surface area contributed by atoms with Crippen LogP contribution in [0.1, 0.15) is 63.8 Å². The fraction of sp³-hybridized carbons (Fsp3) is 0.412. The number of aliphatic imine (C=N–C) groups is 1. The van der Waals surface area contributed by atoms with Crippen molar-refractivity contribution in [3.63, 3.8) is 0 Å². The predicted molar refractivity (Wildman–Crippen MR) is 179 cm³/mol. The smallest absolute Gasteiger partial charge is 0.410 e. The summed E-state index contributed by atoms with van der Waals surface area (Å²) in [4.78, 5) is 39.2. The first kappa shape index (κ1) is 35.8. The lowest BCUT2D eigenvalue weighted by atomic mass is 9.75. The molecule has 2 N–H and O–H groups in total. The molecule has 0 spiro atoms. The lowest BCUT2D eigenvalue weighted by Gasteiger charge is -2.35. The molecule has 0 bridgehead atoms. The van der Waals surface area contributed by atoms with Crippen LogP contribution in [0.4, 0.5) is 22.4 Å². The van der Waals surface area contributed by atoms with Gasteiger partial charge in [0.05, 0.1) is 29.5 Å². The number of rotatable bonds is 12. The number of guanidine groups is 1. The SMILES string of the molecule is CC(C)(C)C[C@]1(c2ccc(-c3cnn(C(F)F)c3)cc2)N=C(N)N(C(COC(=O)N(CC(F)F)C2CC2)c2ccc(Cl)c(-n3cncn3)c2)C1=O. The number of aromatic nitrogens is 5. The van der Waals surface area contributed by atoms with Crippen LogP contribution in [0.2, 0.25) is 5.02 Å². The van der Waals surface area contributed by atoms with Crippen LogP contribution in [-0.4, -0.2) is 77.9 Å². The molecule has 2 atom stereocenters. The summed E-state index contributed by atoms with van der Waals surface area (Å²) in [5, 5.41) is 8.17. The second-order valence-corrected chi connectivity index (χ2v) is 14.1. The van der Waals surface area contributed by atoms with Gasteiger partial charge in [0.15, 0.2) is 11.5 Å². The van der Waals surface area contributed by atoms with E-state index >= 15 is 0 Å². The third-order valence-corrected chi connectivity index (χ3v) is 8.98. The first-order valence-electron chi connectivity index (χ1n) is 16.1. The summed E-state index contributed by atoms with van der Waals surface area (Å²) >= 11 is 6.52. The molecule has 0 radical (unpaired) electrons. The first-order chi connectivity index (χ1) is 24.2. The van der Waals surface area contributed by atoms with Crippen molar-refractivity contribution < 1.29 is 31.9 Å². The van der Waals surface area contributed by atoms with Gasteiger partial charge in [0.1, 0.15) is 19.3 Å². The van der Waals surface area contributed by atoms with Crippen molar-refractivity contribution in [1.82, 2.24) is 34.3 Å². The maximum atomic E-state index is 14.9. The number of hydrogen-bond acceptors (Lipinski definition) is 8. The van der Waals surface area contributed by atoms with E-state index in [-0.39, 0.29) is 18.4 Å². The van der Waals surface area contributed by atoms with Crippen molar-refractivity contribution in [3.05, 3.63) is 83.7 Å².